The van der Waals surface area contributed by atoms with Gasteiger partial charge in [0.2, 0.25) is 5.91 Å². The molecule has 3 rings (SSSR count). The lowest BCUT2D eigenvalue weighted by molar-refractivity contribution is -0.116. The Morgan fingerprint density at radius 2 is 2.04 bits per heavy atom. The van der Waals surface area contributed by atoms with E-state index in [1.54, 1.807) is 4.68 Å². The Bertz CT molecular complexity index is 717. The lowest BCUT2D eigenvalue weighted by atomic mass is 9.86. The molecule has 23 heavy (non-hydrogen) atoms. The molecule has 5 heteroatoms. The van der Waals surface area contributed by atoms with E-state index in [0.29, 0.717) is 18.9 Å². The molecule has 5 nitrogen and oxygen atoms in total. The highest BCUT2D eigenvalue weighted by molar-refractivity contribution is 5.94. The van der Waals surface area contributed by atoms with Crippen molar-refractivity contribution < 1.29 is 9.53 Å². The maximum atomic E-state index is 12.0. The first-order valence-electron chi connectivity index (χ1n) is 8.01. The van der Waals surface area contributed by atoms with Crippen LogP contribution < -0.4 is 10.1 Å². The average Bonchev–Trinajstić information content (AvgIpc) is 2.79. The second-order valence-electron chi connectivity index (χ2n) is 6.55. The molecule has 0 unspecified atom stereocenters. The molecule has 1 atom stereocenters. The Morgan fingerprint density at radius 3 is 2.70 bits per heavy atom. The predicted octanol–water partition coefficient (Wildman–Crippen LogP) is 3.24. The number of carbonyl (C=O) groups excluding carboxylic acids is 1. The third kappa shape index (κ3) is 3.09. The average molecular weight is 313 g/mol. The topological polar surface area (TPSA) is 56.2 Å². The van der Waals surface area contributed by atoms with Crippen LogP contribution in [-0.2, 0) is 11.8 Å². The van der Waals surface area contributed by atoms with Crippen LogP contribution in [0.3, 0.4) is 0 Å². The summed E-state index contributed by atoms with van der Waals surface area (Å²) in [5, 5.41) is 7.38. The number of carbonyl (C=O) groups is 1. The van der Waals surface area contributed by atoms with Crippen LogP contribution in [-0.4, -0.2) is 22.3 Å². The molecule has 0 spiro atoms. The summed E-state index contributed by atoms with van der Waals surface area (Å²) in [5.41, 5.74) is 3.20. The zero-order chi connectivity index (χ0) is 16.6. The third-order valence-electron chi connectivity index (χ3n) is 4.13. The van der Waals surface area contributed by atoms with Gasteiger partial charge in [0, 0.05) is 24.9 Å². The summed E-state index contributed by atoms with van der Waals surface area (Å²) in [6, 6.07) is 8.06. The monoisotopic (exact) mass is 313 g/mol. The minimum absolute atomic E-state index is 0.0330. The van der Waals surface area contributed by atoms with Crippen LogP contribution in [0.15, 0.2) is 24.3 Å². The van der Waals surface area contributed by atoms with Crippen molar-refractivity contribution in [3.8, 4) is 5.75 Å². The van der Waals surface area contributed by atoms with E-state index in [2.05, 4.69) is 36.4 Å². The number of nitrogens with zero attached hydrogens (tertiary/aromatic N) is 2. The zero-order valence-electron chi connectivity index (χ0n) is 14.1. The van der Waals surface area contributed by atoms with Crippen molar-refractivity contribution in [3.05, 3.63) is 41.1 Å². The summed E-state index contributed by atoms with van der Waals surface area (Å²) in [4.78, 5) is 12.0. The van der Waals surface area contributed by atoms with Crippen molar-refractivity contribution in [2.45, 2.75) is 33.1 Å². The van der Waals surface area contributed by atoms with E-state index in [1.165, 1.54) is 0 Å². The number of anilines is 1. The second kappa shape index (κ2) is 6.07. The lowest BCUT2D eigenvalue weighted by Crippen LogP contribution is -2.24. The van der Waals surface area contributed by atoms with Crippen molar-refractivity contribution in [2.75, 3.05) is 11.9 Å². The summed E-state index contributed by atoms with van der Waals surface area (Å²) in [7, 11) is 1.86. The first-order chi connectivity index (χ1) is 11.0. The number of hydrogen-bond donors (Lipinski definition) is 1. The van der Waals surface area contributed by atoms with Crippen molar-refractivity contribution >= 4 is 11.7 Å². The number of amides is 1. The highest BCUT2D eigenvalue weighted by Gasteiger charge is 2.31. The van der Waals surface area contributed by atoms with Crippen LogP contribution in [0.5, 0.6) is 5.75 Å². The molecule has 0 saturated carbocycles. The van der Waals surface area contributed by atoms with E-state index in [1.807, 2.05) is 26.1 Å². The van der Waals surface area contributed by atoms with Gasteiger partial charge >= 0.3 is 0 Å². The van der Waals surface area contributed by atoms with Gasteiger partial charge in [0.1, 0.15) is 11.6 Å². The molecule has 1 aromatic heterocycles. The Balaban J connectivity index is 1.89. The van der Waals surface area contributed by atoms with Crippen LogP contribution in [0.4, 0.5) is 5.82 Å². The maximum absolute atomic E-state index is 12.0. The SMILES string of the molecule is Cc1nn(C)c2c1[C@H](c1ccc(OCC(C)C)cc1)CC(=O)N2. The summed E-state index contributed by atoms with van der Waals surface area (Å²) in [6.45, 7) is 6.95. The molecule has 1 N–H and O–H groups in total. The molecular weight excluding hydrogens is 290 g/mol. The Labute approximate surface area is 136 Å². The first-order valence-corrected chi connectivity index (χ1v) is 8.01. The Hall–Kier alpha value is -2.30. The molecule has 1 amide bonds. The molecule has 0 radical (unpaired) electrons. The van der Waals surface area contributed by atoms with Gasteiger partial charge in [0.25, 0.3) is 0 Å². The first kappa shape index (κ1) is 15.6. The number of aryl methyl sites for hydroxylation is 2. The number of ether oxygens (including phenoxy) is 1. The van der Waals surface area contributed by atoms with Gasteiger partial charge in [-0.3, -0.25) is 9.48 Å². The molecule has 2 aromatic rings. The minimum atomic E-state index is 0.0330. The third-order valence-corrected chi connectivity index (χ3v) is 4.13. The molecule has 1 aromatic carbocycles. The van der Waals surface area contributed by atoms with Crippen molar-refractivity contribution in [1.82, 2.24) is 9.78 Å². The normalized spacial score (nSPS) is 17.1. The van der Waals surface area contributed by atoms with Crippen LogP contribution >= 0.6 is 0 Å². The van der Waals surface area contributed by atoms with Crippen LogP contribution in [0.1, 0.15) is 43.0 Å². The number of hydrogen-bond acceptors (Lipinski definition) is 3. The summed E-state index contributed by atoms with van der Waals surface area (Å²) < 4.78 is 7.48. The van der Waals surface area contributed by atoms with E-state index in [-0.39, 0.29) is 11.8 Å². The van der Waals surface area contributed by atoms with Gasteiger partial charge in [-0.2, -0.15) is 5.10 Å². The largest absolute Gasteiger partial charge is 0.493 e. The standard InChI is InChI=1S/C18H23N3O2/c1-11(2)10-23-14-7-5-13(6-8-14)15-9-16(22)19-18-17(15)12(3)20-21(18)4/h5-8,11,15H,9-10H2,1-4H3,(H,19,22)/t15-/m0/s1. The number of nitrogens with one attached hydrogen (secondary N) is 1. The summed E-state index contributed by atoms with van der Waals surface area (Å²) in [5.74, 6) is 2.25. The van der Waals surface area contributed by atoms with Gasteiger partial charge in [-0.15, -0.1) is 0 Å². The second-order valence-corrected chi connectivity index (χ2v) is 6.55. The number of rotatable bonds is 4. The van der Waals surface area contributed by atoms with Crippen molar-refractivity contribution in [1.29, 1.82) is 0 Å². The zero-order valence-corrected chi connectivity index (χ0v) is 14.1. The molecule has 0 fully saturated rings. The number of fused-ring (bicyclic) bond motifs is 1. The van der Waals surface area contributed by atoms with Gasteiger partial charge in [-0.05, 0) is 30.5 Å². The fourth-order valence-electron chi connectivity index (χ4n) is 3.05. The maximum Gasteiger partial charge on any atom is 0.226 e. The van der Waals surface area contributed by atoms with E-state index in [0.717, 1.165) is 28.4 Å². The van der Waals surface area contributed by atoms with E-state index in [9.17, 15) is 4.79 Å². The van der Waals surface area contributed by atoms with E-state index >= 15 is 0 Å². The number of benzene rings is 1. The molecule has 0 saturated heterocycles. The quantitative estimate of drug-likeness (QED) is 0.943. The van der Waals surface area contributed by atoms with Gasteiger partial charge in [0.05, 0.1) is 12.3 Å². The van der Waals surface area contributed by atoms with E-state index < -0.39 is 0 Å². The van der Waals surface area contributed by atoms with E-state index in [4.69, 9.17) is 4.74 Å². The Morgan fingerprint density at radius 1 is 1.35 bits per heavy atom. The van der Waals surface area contributed by atoms with Crippen molar-refractivity contribution in [3.63, 3.8) is 0 Å². The van der Waals surface area contributed by atoms with Crippen molar-refractivity contribution in [2.24, 2.45) is 13.0 Å². The lowest BCUT2D eigenvalue weighted by Gasteiger charge is -2.24. The number of aromatic nitrogens is 2. The van der Waals surface area contributed by atoms with Gasteiger partial charge < -0.3 is 10.1 Å². The molecule has 0 aliphatic carbocycles. The molecule has 122 valence electrons. The van der Waals surface area contributed by atoms with Gasteiger partial charge in [0.15, 0.2) is 0 Å². The van der Waals surface area contributed by atoms with Crippen LogP contribution in [0.2, 0.25) is 0 Å². The Kier molecular flexibility index (Phi) is 4.11. The molecule has 2 heterocycles. The highest BCUT2D eigenvalue weighted by Crippen LogP contribution is 2.39. The molecular formula is C18H23N3O2. The molecule has 1 aliphatic heterocycles. The van der Waals surface area contributed by atoms with Gasteiger partial charge in [-0.25, -0.2) is 0 Å². The fraction of sp³-hybridized carbons (Fsp3) is 0.444. The molecule has 0 bridgehead atoms. The highest BCUT2D eigenvalue weighted by atomic mass is 16.5. The fourth-order valence-corrected chi connectivity index (χ4v) is 3.05. The summed E-state index contributed by atoms with van der Waals surface area (Å²) >= 11 is 0. The molecule has 1 aliphatic rings. The van der Waals surface area contributed by atoms with Gasteiger partial charge in [-0.1, -0.05) is 26.0 Å². The predicted molar refractivity (Wildman–Crippen MR) is 89.8 cm³/mol. The van der Waals surface area contributed by atoms with Crippen LogP contribution in [0, 0.1) is 12.8 Å². The smallest absolute Gasteiger partial charge is 0.226 e. The minimum Gasteiger partial charge on any atom is -0.493 e. The van der Waals surface area contributed by atoms with Crippen LogP contribution in [0.25, 0.3) is 0 Å². The summed E-state index contributed by atoms with van der Waals surface area (Å²) in [6.07, 6.45) is 0.450.